The Labute approximate surface area is 193 Å². The first kappa shape index (κ1) is 22.6. The molecule has 2 fully saturated rings. The third-order valence-corrected chi connectivity index (χ3v) is 6.37. The molecular formula is C24H29ClN4O3. The van der Waals surface area contributed by atoms with Gasteiger partial charge in [-0.2, -0.15) is 0 Å². The van der Waals surface area contributed by atoms with Crippen LogP contribution >= 0.6 is 11.6 Å². The topological polar surface area (TPSA) is 65.1 Å². The first-order valence-electron chi connectivity index (χ1n) is 11.0. The van der Waals surface area contributed by atoms with Crippen LogP contribution in [0.3, 0.4) is 0 Å². The molecular weight excluding hydrogens is 428 g/mol. The molecule has 2 aliphatic heterocycles. The quantitative estimate of drug-likeness (QED) is 0.765. The Morgan fingerprint density at radius 2 is 1.69 bits per heavy atom. The van der Waals surface area contributed by atoms with Crippen molar-refractivity contribution in [2.75, 3.05) is 57.8 Å². The lowest BCUT2D eigenvalue weighted by Crippen LogP contribution is -2.51. The fourth-order valence-electron chi connectivity index (χ4n) is 3.99. The van der Waals surface area contributed by atoms with Crippen LogP contribution in [0.1, 0.15) is 21.5 Å². The van der Waals surface area contributed by atoms with Gasteiger partial charge in [0.1, 0.15) is 0 Å². The molecule has 0 saturated carbocycles. The van der Waals surface area contributed by atoms with Crippen molar-refractivity contribution in [3.63, 3.8) is 0 Å². The van der Waals surface area contributed by atoms with Crippen molar-refractivity contribution in [3.8, 4) is 0 Å². The Kier molecular flexibility index (Phi) is 7.29. The molecule has 1 N–H and O–H groups in total. The Hall–Kier alpha value is -2.61. The molecule has 3 amide bonds. The molecule has 0 radical (unpaired) electrons. The number of halogens is 1. The van der Waals surface area contributed by atoms with Crippen molar-refractivity contribution in [1.29, 1.82) is 0 Å². The number of carbonyl (C=O) groups excluding carboxylic acids is 2. The van der Waals surface area contributed by atoms with E-state index in [4.69, 9.17) is 16.3 Å². The van der Waals surface area contributed by atoms with Crippen molar-refractivity contribution in [1.82, 2.24) is 14.7 Å². The van der Waals surface area contributed by atoms with E-state index < -0.39 is 0 Å². The van der Waals surface area contributed by atoms with Crippen LogP contribution in [0, 0.1) is 6.92 Å². The summed E-state index contributed by atoms with van der Waals surface area (Å²) in [5.74, 6) is 0.0132. The van der Waals surface area contributed by atoms with Crippen LogP contribution in [0.4, 0.5) is 10.5 Å². The number of amides is 3. The van der Waals surface area contributed by atoms with Crippen LogP contribution in [-0.4, -0.2) is 79.1 Å². The Morgan fingerprint density at radius 3 is 2.41 bits per heavy atom. The number of morpholine rings is 1. The summed E-state index contributed by atoms with van der Waals surface area (Å²) in [6.07, 6.45) is 0. The molecule has 0 aliphatic carbocycles. The predicted octanol–water partition coefficient (Wildman–Crippen LogP) is 3.47. The van der Waals surface area contributed by atoms with E-state index in [9.17, 15) is 9.59 Å². The monoisotopic (exact) mass is 456 g/mol. The van der Waals surface area contributed by atoms with Crippen LogP contribution in [-0.2, 0) is 11.3 Å². The van der Waals surface area contributed by atoms with Gasteiger partial charge in [-0.3, -0.25) is 9.69 Å². The highest BCUT2D eigenvalue weighted by atomic mass is 35.5. The van der Waals surface area contributed by atoms with Gasteiger partial charge in [-0.1, -0.05) is 29.8 Å². The molecule has 32 heavy (non-hydrogen) atoms. The zero-order chi connectivity index (χ0) is 22.5. The number of rotatable bonds is 4. The molecule has 2 aliphatic rings. The van der Waals surface area contributed by atoms with E-state index in [0.717, 1.165) is 44.0 Å². The van der Waals surface area contributed by atoms with E-state index in [-0.39, 0.29) is 11.9 Å². The van der Waals surface area contributed by atoms with Crippen molar-refractivity contribution >= 4 is 29.2 Å². The normalized spacial score (nSPS) is 17.3. The van der Waals surface area contributed by atoms with E-state index in [1.807, 2.05) is 42.2 Å². The molecule has 2 saturated heterocycles. The van der Waals surface area contributed by atoms with Gasteiger partial charge < -0.3 is 19.9 Å². The Bertz CT molecular complexity index is 969. The number of hydrogen-bond donors (Lipinski definition) is 1. The molecule has 0 atom stereocenters. The van der Waals surface area contributed by atoms with Gasteiger partial charge in [0.05, 0.1) is 13.2 Å². The third kappa shape index (κ3) is 5.59. The minimum atomic E-state index is -0.176. The second-order valence-electron chi connectivity index (χ2n) is 8.26. The molecule has 7 nitrogen and oxygen atoms in total. The summed E-state index contributed by atoms with van der Waals surface area (Å²) in [7, 11) is 0. The lowest BCUT2D eigenvalue weighted by atomic mass is 10.1. The Balaban J connectivity index is 1.30. The number of ether oxygens (including phenoxy) is 1. The fourth-order valence-corrected chi connectivity index (χ4v) is 4.17. The van der Waals surface area contributed by atoms with Crippen molar-refractivity contribution in [2.45, 2.75) is 13.5 Å². The molecule has 170 valence electrons. The maximum Gasteiger partial charge on any atom is 0.321 e. The molecule has 2 aromatic carbocycles. The van der Waals surface area contributed by atoms with E-state index in [2.05, 4.69) is 16.3 Å². The number of benzene rings is 2. The summed E-state index contributed by atoms with van der Waals surface area (Å²) in [4.78, 5) is 31.5. The lowest BCUT2D eigenvalue weighted by molar-refractivity contribution is 0.0341. The number of nitrogens with zero attached hydrogens (tertiary/aromatic N) is 3. The number of aryl methyl sites for hydroxylation is 1. The molecule has 2 heterocycles. The standard InChI is InChI=1S/C24H29ClN4O3/c1-18-5-6-21(16-22(18)25)26-24(31)29-9-7-28(8-10-29)23(30)20-4-2-3-19(15-20)17-27-11-13-32-14-12-27/h2-6,15-16H,7-14,17H2,1H3,(H,26,31). The third-order valence-electron chi connectivity index (χ3n) is 5.96. The minimum absolute atomic E-state index is 0.0132. The molecule has 2 aromatic rings. The van der Waals surface area contributed by atoms with E-state index >= 15 is 0 Å². The Morgan fingerprint density at radius 1 is 0.969 bits per heavy atom. The maximum atomic E-state index is 13.0. The summed E-state index contributed by atoms with van der Waals surface area (Å²) in [6, 6.07) is 13.1. The van der Waals surface area contributed by atoms with Crippen LogP contribution < -0.4 is 5.32 Å². The first-order chi connectivity index (χ1) is 15.5. The van der Waals surface area contributed by atoms with Gasteiger partial charge in [0.25, 0.3) is 5.91 Å². The average Bonchev–Trinajstić information content (AvgIpc) is 2.82. The van der Waals surface area contributed by atoms with Gasteiger partial charge in [0.15, 0.2) is 0 Å². The van der Waals surface area contributed by atoms with Gasteiger partial charge in [-0.05, 0) is 42.3 Å². The number of nitrogens with one attached hydrogen (secondary N) is 1. The number of piperazine rings is 1. The fraction of sp³-hybridized carbons (Fsp3) is 0.417. The van der Waals surface area contributed by atoms with Gasteiger partial charge in [-0.15, -0.1) is 0 Å². The maximum absolute atomic E-state index is 13.0. The summed E-state index contributed by atoms with van der Waals surface area (Å²) in [5.41, 5.74) is 3.46. The molecule has 8 heteroatoms. The summed E-state index contributed by atoms with van der Waals surface area (Å²) < 4.78 is 5.41. The molecule has 0 aromatic heterocycles. The zero-order valence-electron chi connectivity index (χ0n) is 18.3. The zero-order valence-corrected chi connectivity index (χ0v) is 19.1. The van der Waals surface area contributed by atoms with Gasteiger partial charge in [0, 0.05) is 62.1 Å². The second-order valence-corrected chi connectivity index (χ2v) is 8.67. The van der Waals surface area contributed by atoms with E-state index in [1.54, 1.807) is 11.0 Å². The second kappa shape index (κ2) is 10.3. The van der Waals surface area contributed by atoms with Crippen LogP contribution in [0.2, 0.25) is 5.02 Å². The van der Waals surface area contributed by atoms with Gasteiger partial charge >= 0.3 is 6.03 Å². The van der Waals surface area contributed by atoms with Gasteiger partial charge in [-0.25, -0.2) is 4.79 Å². The highest BCUT2D eigenvalue weighted by Gasteiger charge is 2.25. The van der Waals surface area contributed by atoms with E-state index in [0.29, 0.717) is 42.5 Å². The summed E-state index contributed by atoms with van der Waals surface area (Å²) >= 11 is 6.14. The van der Waals surface area contributed by atoms with Crippen molar-refractivity contribution in [3.05, 3.63) is 64.2 Å². The average molecular weight is 457 g/mol. The molecule has 4 rings (SSSR count). The lowest BCUT2D eigenvalue weighted by Gasteiger charge is -2.35. The molecule has 0 unspecified atom stereocenters. The minimum Gasteiger partial charge on any atom is -0.379 e. The van der Waals surface area contributed by atoms with Crippen molar-refractivity contribution in [2.24, 2.45) is 0 Å². The summed E-state index contributed by atoms with van der Waals surface area (Å²) in [5, 5.41) is 3.51. The van der Waals surface area contributed by atoms with Gasteiger partial charge in [0.2, 0.25) is 0 Å². The van der Waals surface area contributed by atoms with Crippen LogP contribution in [0.25, 0.3) is 0 Å². The number of urea groups is 1. The molecule has 0 bridgehead atoms. The largest absolute Gasteiger partial charge is 0.379 e. The van der Waals surface area contributed by atoms with Crippen LogP contribution in [0.5, 0.6) is 0 Å². The SMILES string of the molecule is Cc1ccc(NC(=O)N2CCN(C(=O)c3cccc(CN4CCOCC4)c3)CC2)cc1Cl. The first-order valence-corrected chi connectivity index (χ1v) is 11.4. The highest BCUT2D eigenvalue weighted by Crippen LogP contribution is 2.20. The number of hydrogen-bond acceptors (Lipinski definition) is 4. The number of anilines is 1. The highest BCUT2D eigenvalue weighted by molar-refractivity contribution is 6.31. The van der Waals surface area contributed by atoms with Crippen LogP contribution in [0.15, 0.2) is 42.5 Å². The van der Waals surface area contributed by atoms with E-state index in [1.165, 1.54) is 0 Å². The van der Waals surface area contributed by atoms with Crippen molar-refractivity contribution < 1.29 is 14.3 Å². The molecule has 0 spiro atoms. The predicted molar refractivity (Wildman–Crippen MR) is 125 cm³/mol. The number of carbonyl (C=O) groups is 2. The summed E-state index contributed by atoms with van der Waals surface area (Å²) in [6.45, 7) is 8.08. The smallest absolute Gasteiger partial charge is 0.321 e.